The lowest BCUT2D eigenvalue weighted by molar-refractivity contribution is 0.0677. The largest absolute Gasteiger partial charge is 0.383 e. The Balaban J connectivity index is 2.39. The van der Waals surface area contributed by atoms with Crippen LogP contribution in [0.3, 0.4) is 0 Å². The molecular weight excluding hydrogens is 282 g/mol. The topological polar surface area (TPSA) is 70.6 Å². The molecule has 1 aromatic rings. The molecule has 0 aliphatic heterocycles. The summed E-state index contributed by atoms with van der Waals surface area (Å²) in [7, 11) is 0. The predicted molar refractivity (Wildman–Crippen MR) is 91.7 cm³/mol. The highest BCUT2D eigenvalue weighted by atomic mass is 32.1. The maximum Gasteiger partial charge on any atom is 0.188 e. The SMILES string of the molecule is CC(C)CCCC(C)NC(N)=NCC(C)(O)c1ccsc1. The van der Waals surface area contributed by atoms with E-state index < -0.39 is 5.60 Å². The van der Waals surface area contributed by atoms with Gasteiger partial charge in [-0.25, -0.2) is 0 Å². The normalized spacial score (nSPS) is 16.8. The van der Waals surface area contributed by atoms with Gasteiger partial charge in [0.1, 0.15) is 5.60 Å². The molecule has 0 saturated carbocycles. The van der Waals surface area contributed by atoms with Gasteiger partial charge in [-0.1, -0.05) is 26.7 Å². The molecule has 4 N–H and O–H groups in total. The van der Waals surface area contributed by atoms with Gasteiger partial charge >= 0.3 is 0 Å². The van der Waals surface area contributed by atoms with Crippen LogP contribution in [0.25, 0.3) is 0 Å². The van der Waals surface area contributed by atoms with E-state index in [0.29, 0.717) is 12.0 Å². The maximum absolute atomic E-state index is 10.4. The number of aliphatic hydroxyl groups is 1. The van der Waals surface area contributed by atoms with Gasteiger partial charge in [-0.05, 0) is 48.6 Å². The Morgan fingerprint density at radius 3 is 2.71 bits per heavy atom. The van der Waals surface area contributed by atoms with Crippen LogP contribution in [0.2, 0.25) is 0 Å². The highest BCUT2D eigenvalue weighted by molar-refractivity contribution is 7.08. The number of hydrogen-bond acceptors (Lipinski definition) is 3. The summed E-state index contributed by atoms with van der Waals surface area (Å²) in [5.74, 6) is 1.14. The van der Waals surface area contributed by atoms with Crippen LogP contribution in [0.1, 0.15) is 52.5 Å². The first-order valence-electron chi connectivity index (χ1n) is 7.62. The molecule has 0 aliphatic carbocycles. The molecular formula is C16H29N3OS. The fourth-order valence-electron chi connectivity index (χ4n) is 2.10. The van der Waals surface area contributed by atoms with Gasteiger partial charge in [-0.3, -0.25) is 4.99 Å². The summed E-state index contributed by atoms with van der Waals surface area (Å²) in [6.07, 6.45) is 3.50. The minimum Gasteiger partial charge on any atom is -0.383 e. The minimum absolute atomic E-state index is 0.265. The van der Waals surface area contributed by atoms with Gasteiger partial charge in [0.25, 0.3) is 0 Å². The molecule has 1 aromatic heterocycles. The molecule has 2 unspecified atom stereocenters. The van der Waals surface area contributed by atoms with E-state index in [2.05, 4.69) is 31.1 Å². The fraction of sp³-hybridized carbons (Fsp3) is 0.688. The Kier molecular flexibility index (Phi) is 7.18. The van der Waals surface area contributed by atoms with Crippen LogP contribution in [-0.4, -0.2) is 23.7 Å². The van der Waals surface area contributed by atoms with E-state index in [0.717, 1.165) is 17.9 Å². The Morgan fingerprint density at radius 2 is 2.14 bits per heavy atom. The van der Waals surface area contributed by atoms with Crippen molar-refractivity contribution >= 4 is 17.3 Å². The summed E-state index contributed by atoms with van der Waals surface area (Å²) in [5, 5.41) is 17.5. The van der Waals surface area contributed by atoms with E-state index >= 15 is 0 Å². The van der Waals surface area contributed by atoms with E-state index in [1.54, 1.807) is 18.3 Å². The van der Waals surface area contributed by atoms with E-state index in [9.17, 15) is 5.11 Å². The molecule has 0 fully saturated rings. The highest BCUT2D eigenvalue weighted by Crippen LogP contribution is 2.23. The highest BCUT2D eigenvalue weighted by Gasteiger charge is 2.23. The van der Waals surface area contributed by atoms with Gasteiger partial charge in [0.2, 0.25) is 0 Å². The van der Waals surface area contributed by atoms with Crippen molar-refractivity contribution < 1.29 is 5.11 Å². The molecule has 21 heavy (non-hydrogen) atoms. The van der Waals surface area contributed by atoms with Crippen molar-refractivity contribution in [2.24, 2.45) is 16.6 Å². The lowest BCUT2D eigenvalue weighted by Gasteiger charge is -2.21. The fourth-order valence-corrected chi connectivity index (χ4v) is 2.89. The van der Waals surface area contributed by atoms with Crippen LogP contribution in [0.5, 0.6) is 0 Å². The molecule has 0 radical (unpaired) electrons. The van der Waals surface area contributed by atoms with Crippen molar-refractivity contribution in [3.8, 4) is 0 Å². The lowest BCUT2D eigenvalue weighted by Crippen LogP contribution is -2.39. The third kappa shape index (κ3) is 6.96. The first-order chi connectivity index (χ1) is 9.81. The summed E-state index contributed by atoms with van der Waals surface area (Å²) in [6, 6.07) is 2.22. The monoisotopic (exact) mass is 311 g/mol. The van der Waals surface area contributed by atoms with Gasteiger partial charge in [-0.15, -0.1) is 0 Å². The lowest BCUT2D eigenvalue weighted by atomic mass is 10.00. The molecule has 0 amide bonds. The van der Waals surface area contributed by atoms with Crippen molar-refractivity contribution in [3.63, 3.8) is 0 Å². The second-order valence-electron chi connectivity index (χ2n) is 6.36. The Labute approximate surface area is 132 Å². The first kappa shape index (κ1) is 18.0. The molecule has 0 bridgehead atoms. The van der Waals surface area contributed by atoms with Crippen LogP contribution in [0.4, 0.5) is 0 Å². The second kappa shape index (κ2) is 8.39. The van der Waals surface area contributed by atoms with Crippen molar-refractivity contribution in [2.75, 3.05) is 6.54 Å². The molecule has 0 spiro atoms. The van der Waals surface area contributed by atoms with E-state index in [1.807, 2.05) is 16.8 Å². The number of nitrogens with two attached hydrogens (primary N) is 1. The van der Waals surface area contributed by atoms with E-state index in [1.165, 1.54) is 12.8 Å². The van der Waals surface area contributed by atoms with Gasteiger partial charge in [-0.2, -0.15) is 11.3 Å². The zero-order valence-corrected chi connectivity index (χ0v) is 14.4. The van der Waals surface area contributed by atoms with Crippen LogP contribution < -0.4 is 11.1 Å². The van der Waals surface area contributed by atoms with Crippen molar-refractivity contribution in [1.29, 1.82) is 0 Å². The van der Waals surface area contributed by atoms with Crippen LogP contribution >= 0.6 is 11.3 Å². The predicted octanol–water partition coefficient (Wildman–Crippen LogP) is 3.07. The zero-order chi connectivity index (χ0) is 15.9. The minimum atomic E-state index is -0.965. The molecule has 5 heteroatoms. The van der Waals surface area contributed by atoms with Crippen LogP contribution in [0.15, 0.2) is 21.8 Å². The number of aliphatic imine (C=N–C) groups is 1. The van der Waals surface area contributed by atoms with E-state index in [-0.39, 0.29) is 6.54 Å². The number of thiophene rings is 1. The number of nitrogens with one attached hydrogen (secondary N) is 1. The number of guanidine groups is 1. The summed E-state index contributed by atoms with van der Waals surface area (Å²) >= 11 is 1.57. The van der Waals surface area contributed by atoms with Crippen molar-refractivity contribution in [3.05, 3.63) is 22.4 Å². The van der Waals surface area contributed by atoms with Crippen molar-refractivity contribution in [2.45, 2.75) is 58.6 Å². The molecule has 4 nitrogen and oxygen atoms in total. The van der Waals surface area contributed by atoms with E-state index in [4.69, 9.17) is 5.73 Å². The Bertz CT molecular complexity index is 427. The van der Waals surface area contributed by atoms with Crippen molar-refractivity contribution in [1.82, 2.24) is 5.32 Å². The number of hydrogen-bond donors (Lipinski definition) is 3. The average Bonchev–Trinajstić information content (AvgIpc) is 2.90. The molecule has 0 aliphatic rings. The Hall–Kier alpha value is -1.07. The number of nitrogens with zero attached hydrogens (tertiary/aromatic N) is 1. The van der Waals surface area contributed by atoms with Gasteiger partial charge in [0.15, 0.2) is 5.96 Å². The Morgan fingerprint density at radius 1 is 1.43 bits per heavy atom. The van der Waals surface area contributed by atoms with Crippen LogP contribution in [-0.2, 0) is 5.60 Å². The quantitative estimate of drug-likeness (QED) is 0.510. The summed E-state index contributed by atoms with van der Waals surface area (Å²) in [4.78, 5) is 4.27. The van der Waals surface area contributed by atoms with Gasteiger partial charge in [0, 0.05) is 6.04 Å². The summed E-state index contributed by atoms with van der Waals surface area (Å²) in [5.41, 5.74) is 5.82. The standard InChI is InChI=1S/C16H29N3OS/c1-12(2)6-5-7-13(3)19-15(17)18-11-16(4,20)14-8-9-21-10-14/h8-10,12-13,20H,5-7,11H2,1-4H3,(H3,17,18,19). The molecule has 2 atom stereocenters. The molecule has 0 aromatic carbocycles. The average molecular weight is 311 g/mol. The molecule has 0 saturated heterocycles. The maximum atomic E-state index is 10.4. The number of rotatable bonds is 8. The third-order valence-electron chi connectivity index (χ3n) is 3.51. The van der Waals surface area contributed by atoms with Crippen LogP contribution in [0, 0.1) is 5.92 Å². The van der Waals surface area contributed by atoms with Gasteiger partial charge < -0.3 is 16.2 Å². The third-order valence-corrected chi connectivity index (χ3v) is 4.20. The molecule has 1 heterocycles. The molecule has 1 rings (SSSR count). The zero-order valence-electron chi connectivity index (χ0n) is 13.6. The molecule has 120 valence electrons. The summed E-state index contributed by atoms with van der Waals surface area (Å²) in [6.45, 7) is 8.61. The van der Waals surface area contributed by atoms with Gasteiger partial charge in [0.05, 0.1) is 6.54 Å². The second-order valence-corrected chi connectivity index (χ2v) is 7.14. The summed E-state index contributed by atoms with van der Waals surface area (Å²) < 4.78 is 0. The first-order valence-corrected chi connectivity index (χ1v) is 8.57. The smallest absolute Gasteiger partial charge is 0.188 e.